The Morgan fingerprint density at radius 1 is 1.27 bits per heavy atom. The number of nitrogens with zero attached hydrogens (tertiary/aromatic N) is 2. The van der Waals surface area contributed by atoms with Crippen LogP contribution in [0.4, 0.5) is 5.69 Å². The third kappa shape index (κ3) is 4.51. The molecule has 3 rings (SSSR count). The highest BCUT2D eigenvalue weighted by atomic mass is 35.5. The van der Waals surface area contributed by atoms with Crippen LogP contribution in [0, 0.1) is 6.92 Å². The molecule has 0 aliphatic heterocycles. The van der Waals surface area contributed by atoms with E-state index in [-0.39, 0.29) is 0 Å². The Labute approximate surface area is 164 Å². The molecule has 0 atom stereocenters. The Morgan fingerprint density at radius 3 is 2.81 bits per heavy atom. The number of thioether (sulfide) groups is 1. The number of aryl methyl sites for hydroxylation is 1. The zero-order chi connectivity index (χ0) is 18.5. The zero-order valence-corrected chi connectivity index (χ0v) is 16.6. The van der Waals surface area contributed by atoms with Gasteiger partial charge in [-0.15, -0.1) is 11.8 Å². The summed E-state index contributed by atoms with van der Waals surface area (Å²) in [6.45, 7) is 8.36. The number of hydrogen-bond donors (Lipinski definition) is 1. The van der Waals surface area contributed by atoms with Gasteiger partial charge < -0.3 is 5.32 Å². The molecule has 3 aromatic rings. The van der Waals surface area contributed by atoms with Crippen molar-refractivity contribution >= 4 is 29.1 Å². The normalized spacial score (nSPS) is 10.7. The van der Waals surface area contributed by atoms with E-state index in [0.29, 0.717) is 6.42 Å². The first kappa shape index (κ1) is 18.6. The maximum absolute atomic E-state index is 6.23. The molecule has 5 heteroatoms. The molecule has 3 nitrogen and oxygen atoms in total. The molecule has 1 heterocycles. The summed E-state index contributed by atoms with van der Waals surface area (Å²) in [4.78, 5) is 1.18. The van der Waals surface area contributed by atoms with E-state index < -0.39 is 0 Å². The molecule has 1 N–H and O–H groups in total. The monoisotopic (exact) mass is 383 g/mol. The van der Waals surface area contributed by atoms with Crippen LogP contribution in [0.5, 0.6) is 0 Å². The van der Waals surface area contributed by atoms with Gasteiger partial charge in [0.05, 0.1) is 11.9 Å². The second-order valence-corrected chi connectivity index (χ2v) is 7.80. The van der Waals surface area contributed by atoms with Crippen LogP contribution in [-0.2, 0) is 6.42 Å². The lowest BCUT2D eigenvalue weighted by atomic mass is 10.1. The summed E-state index contributed by atoms with van der Waals surface area (Å²) in [5, 5.41) is 8.61. The van der Waals surface area contributed by atoms with Crippen molar-refractivity contribution in [3.05, 3.63) is 83.3 Å². The molecule has 26 heavy (non-hydrogen) atoms. The average molecular weight is 384 g/mol. The highest BCUT2D eigenvalue weighted by molar-refractivity contribution is 7.99. The topological polar surface area (TPSA) is 29.9 Å². The Balaban J connectivity index is 1.70. The molecule has 0 saturated carbocycles. The van der Waals surface area contributed by atoms with E-state index in [2.05, 4.69) is 55.2 Å². The first-order chi connectivity index (χ1) is 12.6. The molecular weight excluding hydrogens is 362 g/mol. The number of aromatic nitrogens is 2. The van der Waals surface area contributed by atoms with Crippen molar-refractivity contribution in [2.24, 2.45) is 0 Å². The molecule has 1 aromatic heterocycles. The average Bonchev–Trinajstić information content (AvgIpc) is 3.06. The van der Waals surface area contributed by atoms with Gasteiger partial charge in [-0.05, 0) is 48.1 Å². The van der Waals surface area contributed by atoms with Gasteiger partial charge in [0, 0.05) is 33.9 Å². The van der Waals surface area contributed by atoms with Crippen LogP contribution in [0.25, 0.3) is 5.69 Å². The second kappa shape index (κ2) is 8.47. The molecule has 0 aliphatic rings. The number of rotatable bonds is 7. The maximum Gasteiger partial charge on any atom is 0.0676 e. The molecule has 0 fully saturated rings. The number of allylic oxidation sites excluding steroid dienone is 1. The van der Waals surface area contributed by atoms with E-state index in [4.69, 9.17) is 11.6 Å². The maximum atomic E-state index is 6.23. The fourth-order valence-electron chi connectivity index (χ4n) is 2.79. The van der Waals surface area contributed by atoms with Crippen LogP contribution in [0.15, 0.2) is 72.0 Å². The molecule has 0 radical (unpaired) electrons. The van der Waals surface area contributed by atoms with Crippen molar-refractivity contribution in [2.45, 2.75) is 25.2 Å². The standard InChI is InChI=1S/C21H22ClN3S/c1-4-26-19-13-23-25(14-19)21-10-9-18(11-15(21)2)24-16(3)12-17-7-5-6-8-20(17)22/h5-11,13-14,24H,3-4,12H2,1-2H3. The van der Waals surface area contributed by atoms with Crippen molar-refractivity contribution in [1.82, 2.24) is 9.78 Å². The van der Waals surface area contributed by atoms with Crippen LogP contribution < -0.4 is 5.32 Å². The fourth-order valence-corrected chi connectivity index (χ4v) is 3.62. The highest BCUT2D eigenvalue weighted by Crippen LogP contribution is 2.24. The van der Waals surface area contributed by atoms with Gasteiger partial charge in [0.25, 0.3) is 0 Å². The smallest absolute Gasteiger partial charge is 0.0676 e. The van der Waals surface area contributed by atoms with E-state index in [1.165, 1.54) is 4.90 Å². The Morgan fingerprint density at radius 2 is 2.08 bits per heavy atom. The summed E-state index contributed by atoms with van der Waals surface area (Å²) >= 11 is 8.02. The van der Waals surface area contributed by atoms with E-state index >= 15 is 0 Å². The quantitative estimate of drug-likeness (QED) is 0.499. The van der Waals surface area contributed by atoms with Crippen molar-refractivity contribution in [2.75, 3.05) is 11.1 Å². The zero-order valence-electron chi connectivity index (χ0n) is 15.0. The van der Waals surface area contributed by atoms with E-state index in [1.807, 2.05) is 35.1 Å². The Bertz CT molecular complexity index is 917. The lowest BCUT2D eigenvalue weighted by Crippen LogP contribution is -2.03. The van der Waals surface area contributed by atoms with Gasteiger partial charge in [-0.2, -0.15) is 5.10 Å². The second-order valence-electron chi connectivity index (χ2n) is 6.05. The first-order valence-electron chi connectivity index (χ1n) is 8.53. The van der Waals surface area contributed by atoms with Gasteiger partial charge in [-0.25, -0.2) is 4.68 Å². The van der Waals surface area contributed by atoms with Crippen molar-refractivity contribution in [3.63, 3.8) is 0 Å². The Kier molecular flexibility index (Phi) is 6.07. The van der Waals surface area contributed by atoms with Gasteiger partial charge in [-0.3, -0.25) is 0 Å². The summed E-state index contributed by atoms with van der Waals surface area (Å²) in [6, 6.07) is 14.1. The fraction of sp³-hybridized carbons (Fsp3) is 0.190. The molecule has 0 unspecified atom stereocenters. The minimum absolute atomic E-state index is 0.692. The molecule has 2 aromatic carbocycles. The number of halogens is 1. The van der Waals surface area contributed by atoms with Crippen LogP contribution in [-0.4, -0.2) is 15.5 Å². The van der Waals surface area contributed by atoms with Crippen LogP contribution >= 0.6 is 23.4 Å². The van der Waals surface area contributed by atoms with Crippen LogP contribution in [0.2, 0.25) is 5.02 Å². The van der Waals surface area contributed by atoms with Gasteiger partial charge in [0.2, 0.25) is 0 Å². The van der Waals surface area contributed by atoms with Crippen LogP contribution in [0.1, 0.15) is 18.1 Å². The van der Waals surface area contributed by atoms with Gasteiger partial charge in [0.15, 0.2) is 0 Å². The summed E-state index contributed by atoms with van der Waals surface area (Å²) in [5.41, 5.74) is 5.22. The van der Waals surface area contributed by atoms with Gasteiger partial charge in [-0.1, -0.05) is 43.3 Å². The van der Waals surface area contributed by atoms with Gasteiger partial charge in [0.1, 0.15) is 0 Å². The molecular formula is C21H22ClN3S. The number of anilines is 1. The van der Waals surface area contributed by atoms with Crippen molar-refractivity contribution in [1.29, 1.82) is 0 Å². The largest absolute Gasteiger partial charge is 0.359 e. The predicted molar refractivity (Wildman–Crippen MR) is 113 cm³/mol. The van der Waals surface area contributed by atoms with E-state index in [1.54, 1.807) is 11.8 Å². The van der Waals surface area contributed by atoms with E-state index in [9.17, 15) is 0 Å². The van der Waals surface area contributed by atoms with Crippen molar-refractivity contribution < 1.29 is 0 Å². The minimum atomic E-state index is 0.692. The lowest BCUT2D eigenvalue weighted by Gasteiger charge is -2.13. The van der Waals surface area contributed by atoms with Crippen LogP contribution in [0.3, 0.4) is 0 Å². The number of hydrogen-bond acceptors (Lipinski definition) is 3. The van der Waals surface area contributed by atoms with Gasteiger partial charge >= 0.3 is 0 Å². The highest BCUT2D eigenvalue weighted by Gasteiger charge is 2.07. The summed E-state index contributed by atoms with van der Waals surface area (Å²) in [7, 11) is 0. The molecule has 134 valence electrons. The number of benzene rings is 2. The van der Waals surface area contributed by atoms with E-state index in [0.717, 1.165) is 39.0 Å². The summed E-state index contributed by atoms with van der Waals surface area (Å²) < 4.78 is 1.93. The Hall–Kier alpha value is -2.17. The summed E-state index contributed by atoms with van der Waals surface area (Å²) in [6.07, 6.45) is 4.67. The third-order valence-corrected chi connectivity index (χ3v) is 5.20. The third-order valence-electron chi connectivity index (χ3n) is 4.00. The molecule has 0 bridgehead atoms. The lowest BCUT2D eigenvalue weighted by molar-refractivity contribution is 0.872. The number of nitrogens with one attached hydrogen (secondary N) is 1. The molecule has 0 saturated heterocycles. The predicted octanol–water partition coefficient (Wildman–Crippen LogP) is 6.11. The molecule has 0 aliphatic carbocycles. The molecule has 0 amide bonds. The molecule has 0 spiro atoms. The minimum Gasteiger partial charge on any atom is -0.359 e. The first-order valence-corrected chi connectivity index (χ1v) is 9.90. The summed E-state index contributed by atoms with van der Waals surface area (Å²) in [5.74, 6) is 1.04. The SMILES string of the molecule is C=C(Cc1ccccc1Cl)Nc1ccc(-n2cc(SCC)cn2)c(C)c1. The van der Waals surface area contributed by atoms with Crippen molar-refractivity contribution in [3.8, 4) is 5.69 Å².